The average molecular weight is 293 g/mol. The van der Waals surface area contributed by atoms with Crippen molar-refractivity contribution in [3.05, 3.63) is 30.1 Å². The Balaban J connectivity index is 0.00000162. The van der Waals surface area contributed by atoms with Crippen LogP contribution in [-0.4, -0.2) is 42.9 Å². The van der Waals surface area contributed by atoms with E-state index in [1.54, 1.807) is 17.0 Å². The van der Waals surface area contributed by atoms with E-state index in [0.717, 1.165) is 18.8 Å². The second-order valence-corrected chi connectivity index (χ2v) is 4.25. The van der Waals surface area contributed by atoms with Crippen LogP contribution in [0.25, 0.3) is 0 Å². The summed E-state index contributed by atoms with van der Waals surface area (Å²) < 4.78 is 12.8. The van der Waals surface area contributed by atoms with Crippen molar-refractivity contribution in [3.8, 4) is 0 Å². The first-order valence-corrected chi connectivity index (χ1v) is 6.08. The highest BCUT2D eigenvalue weighted by Crippen LogP contribution is 2.16. The summed E-state index contributed by atoms with van der Waals surface area (Å²) in [6.07, 6.45) is 0. The smallest absolute Gasteiger partial charge is 0.237 e. The summed E-state index contributed by atoms with van der Waals surface area (Å²) in [5.41, 5.74) is 0.990. The third kappa shape index (κ3) is 3.50. The number of rotatable bonds is 2. The van der Waals surface area contributed by atoms with Gasteiger partial charge in [-0.3, -0.25) is 4.79 Å². The van der Waals surface area contributed by atoms with Gasteiger partial charge in [-0.15, -0.1) is 24.0 Å². The molecular weight excluding hydrogens is 278 g/mol. The number of alkyl halides is 1. The quantitative estimate of drug-likeness (QED) is 0.780. The number of piperazine rings is 1. The maximum absolute atomic E-state index is 12.8. The molecule has 3 nitrogen and oxygen atoms in total. The van der Waals surface area contributed by atoms with Crippen LogP contribution in [0.15, 0.2) is 24.3 Å². The van der Waals surface area contributed by atoms with Crippen LogP contribution in [0.5, 0.6) is 0 Å². The van der Waals surface area contributed by atoms with Crippen molar-refractivity contribution in [2.75, 3.05) is 37.0 Å². The van der Waals surface area contributed by atoms with Crippen molar-refractivity contribution in [2.24, 2.45) is 0 Å². The van der Waals surface area contributed by atoms with Crippen LogP contribution in [0.2, 0.25) is 0 Å². The summed E-state index contributed by atoms with van der Waals surface area (Å²) in [7, 11) is 0. The SMILES string of the molecule is Cl.O=C(CCl)N1CCN(c2ccc(F)cc2)CC1. The molecule has 1 aromatic rings. The normalized spacial score (nSPS) is 15.2. The van der Waals surface area contributed by atoms with Crippen molar-refractivity contribution < 1.29 is 9.18 Å². The maximum Gasteiger partial charge on any atom is 0.237 e. The Morgan fingerprint density at radius 2 is 1.72 bits per heavy atom. The number of benzene rings is 1. The van der Waals surface area contributed by atoms with Gasteiger partial charge in [0.1, 0.15) is 11.7 Å². The summed E-state index contributed by atoms with van der Waals surface area (Å²) >= 11 is 5.51. The Kier molecular flexibility index (Phi) is 5.69. The molecule has 1 fully saturated rings. The number of amides is 1. The molecule has 0 unspecified atom stereocenters. The van der Waals surface area contributed by atoms with Gasteiger partial charge in [-0.25, -0.2) is 4.39 Å². The number of hydrogen-bond donors (Lipinski definition) is 0. The van der Waals surface area contributed by atoms with Crippen LogP contribution in [-0.2, 0) is 4.79 Å². The summed E-state index contributed by atoms with van der Waals surface area (Å²) in [6.45, 7) is 2.86. The van der Waals surface area contributed by atoms with E-state index in [-0.39, 0.29) is 30.0 Å². The van der Waals surface area contributed by atoms with Crippen molar-refractivity contribution in [1.82, 2.24) is 4.90 Å². The van der Waals surface area contributed by atoms with E-state index in [9.17, 15) is 9.18 Å². The molecule has 0 aliphatic carbocycles. The third-order valence-electron chi connectivity index (χ3n) is 2.94. The molecule has 1 saturated heterocycles. The van der Waals surface area contributed by atoms with E-state index in [1.165, 1.54) is 12.1 Å². The highest BCUT2D eigenvalue weighted by Gasteiger charge is 2.20. The van der Waals surface area contributed by atoms with Gasteiger partial charge in [0.15, 0.2) is 0 Å². The first-order chi connectivity index (χ1) is 8.20. The molecule has 0 bridgehead atoms. The largest absolute Gasteiger partial charge is 0.368 e. The molecule has 1 aliphatic heterocycles. The zero-order chi connectivity index (χ0) is 12.3. The molecule has 0 spiro atoms. The number of halogens is 3. The van der Waals surface area contributed by atoms with Crippen molar-refractivity contribution in [3.63, 3.8) is 0 Å². The van der Waals surface area contributed by atoms with Gasteiger partial charge < -0.3 is 9.80 Å². The lowest BCUT2D eigenvalue weighted by atomic mass is 10.2. The zero-order valence-corrected chi connectivity index (χ0v) is 11.4. The van der Waals surface area contributed by atoms with Crippen LogP contribution < -0.4 is 4.90 Å². The fraction of sp³-hybridized carbons (Fsp3) is 0.417. The van der Waals surface area contributed by atoms with Gasteiger partial charge >= 0.3 is 0 Å². The third-order valence-corrected chi connectivity index (χ3v) is 3.17. The number of carbonyl (C=O) groups excluding carboxylic acids is 1. The van der Waals surface area contributed by atoms with Gasteiger partial charge in [-0.1, -0.05) is 0 Å². The van der Waals surface area contributed by atoms with E-state index in [2.05, 4.69) is 4.90 Å². The van der Waals surface area contributed by atoms with Crippen molar-refractivity contribution >= 4 is 35.6 Å². The van der Waals surface area contributed by atoms with E-state index < -0.39 is 0 Å². The van der Waals surface area contributed by atoms with Crippen LogP contribution in [0.1, 0.15) is 0 Å². The second-order valence-electron chi connectivity index (χ2n) is 3.98. The lowest BCUT2D eigenvalue weighted by molar-refractivity contribution is -0.128. The van der Waals surface area contributed by atoms with E-state index >= 15 is 0 Å². The van der Waals surface area contributed by atoms with Crippen LogP contribution in [0.4, 0.5) is 10.1 Å². The molecule has 0 atom stereocenters. The number of carbonyl (C=O) groups is 1. The topological polar surface area (TPSA) is 23.6 Å². The number of nitrogens with zero attached hydrogens (tertiary/aromatic N) is 2. The molecular formula is C12H15Cl2FN2O. The average Bonchev–Trinajstić information content (AvgIpc) is 2.39. The Hall–Kier alpha value is -1.00. The molecule has 0 radical (unpaired) electrons. The number of anilines is 1. The van der Waals surface area contributed by atoms with Gasteiger partial charge in [0.2, 0.25) is 5.91 Å². The van der Waals surface area contributed by atoms with Crippen LogP contribution >= 0.6 is 24.0 Å². The Morgan fingerprint density at radius 3 is 2.22 bits per heavy atom. The van der Waals surface area contributed by atoms with Gasteiger partial charge in [0, 0.05) is 31.9 Å². The van der Waals surface area contributed by atoms with E-state index in [4.69, 9.17) is 11.6 Å². The van der Waals surface area contributed by atoms with Crippen LogP contribution in [0.3, 0.4) is 0 Å². The lowest BCUT2D eigenvalue weighted by Crippen LogP contribution is -2.49. The monoisotopic (exact) mass is 292 g/mol. The maximum atomic E-state index is 12.8. The molecule has 0 saturated carbocycles. The van der Waals surface area contributed by atoms with Gasteiger partial charge in [0.05, 0.1) is 0 Å². The first-order valence-electron chi connectivity index (χ1n) is 5.55. The minimum Gasteiger partial charge on any atom is -0.368 e. The lowest BCUT2D eigenvalue weighted by Gasteiger charge is -2.35. The molecule has 6 heteroatoms. The fourth-order valence-electron chi connectivity index (χ4n) is 1.95. The van der Waals surface area contributed by atoms with E-state index in [1.807, 2.05) is 0 Å². The van der Waals surface area contributed by atoms with E-state index in [0.29, 0.717) is 13.1 Å². The molecule has 0 aromatic heterocycles. The highest BCUT2D eigenvalue weighted by molar-refractivity contribution is 6.27. The van der Waals surface area contributed by atoms with Crippen molar-refractivity contribution in [1.29, 1.82) is 0 Å². The second kappa shape index (κ2) is 6.81. The minimum atomic E-state index is -0.232. The standard InChI is InChI=1S/C12H14ClFN2O.ClH/c13-9-12(17)16-7-5-15(6-8-16)11-3-1-10(14)2-4-11;/h1-4H,5-9H2;1H. The molecule has 1 amide bonds. The molecule has 0 N–H and O–H groups in total. The van der Waals surface area contributed by atoms with Crippen molar-refractivity contribution in [2.45, 2.75) is 0 Å². The Morgan fingerprint density at radius 1 is 1.17 bits per heavy atom. The summed E-state index contributed by atoms with van der Waals surface area (Å²) in [5, 5.41) is 0. The Labute approximate surface area is 117 Å². The summed E-state index contributed by atoms with van der Waals surface area (Å²) in [5.74, 6) is -0.216. The summed E-state index contributed by atoms with van der Waals surface area (Å²) in [4.78, 5) is 15.3. The Bertz CT molecular complexity index is 392. The molecule has 100 valence electrons. The summed E-state index contributed by atoms with van der Waals surface area (Å²) in [6, 6.07) is 6.42. The predicted molar refractivity (Wildman–Crippen MR) is 73.2 cm³/mol. The van der Waals surface area contributed by atoms with Crippen LogP contribution in [0, 0.1) is 5.82 Å². The van der Waals surface area contributed by atoms with Gasteiger partial charge in [0.25, 0.3) is 0 Å². The number of hydrogen-bond acceptors (Lipinski definition) is 2. The molecule has 1 aliphatic rings. The van der Waals surface area contributed by atoms with Gasteiger partial charge in [-0.2, -0.15) is 0 Å². The molecule has 1 heterocycles. The molecule has 1 aromatic carbocycles. The highest BCUT2D eigenvalue weighted by atomic mass is 35.5. The zero-order valence-electron chi connectivity index (χ0n) is 9.81. The predicted octanol–water partition coefficient (Wildman–Crippen LogP) is 2.13. The first kappa shape index (κ1) is 15.1. The minimum absolute atomic E-state index is 0. The fourth-order valence-corrected chi connectivity index (χ4v) is 2.12. The molecule has 2 rings (SSSR count). The molecule has 18 heavy (non-hydrogen) atoms. The van der Waals surface area contributed by atoms with Gasteiger partial charge in [-0.05, 0) is 24.3 Å².